The standard InChI is InChI=1S/C30H52O10/c1-6-7-8-9-10-11-12-13-14-15-16-17-18-19-20-21-26(31)37-23(3)28(34)39-25(5)30(36)40-24(4)29(35)38-22(2)27(32)33/h22-25H,6-21H2,1-5H3,(H,32,33)/t22-,23-,24-,25-/m0/s1. The Bertz CT molecular complexity index is 751. The van der Waals surface area contributed by atoms with Crippen molar-refractivity contribution in [2.75, 3.05) is 0 Å². The summed E-state index contributed by atoms with van der Waals surface area (Å²) in [6.07, 6.45) is 13.2. The molecular formula is C30H52O10. The molecule has 0 aromatic rings. The van der Waals surface area contributed by atoms with Crippen LogP contribution in [0.5, 0.6) is 0 Å². The lowest BCUT2D eigenvalue weighted by Crippen LogP contribution is -2.37. The van der Waals surface area contributed by atoms with Crippen LogP contribution in [0.2, 0.25) is 0 Å². The molecule has 0 saturated heterocycles. The molecule has 0 aliphatic heterocycles. The number of carbonyl (C=O) groups excluding carboxylic acids is 4. The first-order valence-corrected chi connectivity index (χ1v) is 15.0. The van der Waals surface area contributed by atoms with Gasteiger partial charge in [0.25, 0.3) is 0 Å². The summed E-state index contributed by atoms with van der Waals surface area (Å²) >= 11 is 0. The number of esters is 4. The molecule has 0 bridgehead atoms. The second-order valence-electron chi connectivity index (χ2n) is 10.4. The van der Waals surface area contributed by atoms with Crippen molar-refractivity contribution in [3.05, 3.63) is 0 Å². The van der Waals surface area contributed by atoms with Gasteiger partial charge in [0.15, 0.2) is 24.4 Å². The number of unbranched alkanes of at least 4 members (excludes halogenated alkanes) is 14. The van der Waals surface area contributed by atoms with E-state index in [2.05, 4.69) is 11.7 Å². The van der Waals surface area contributed by atoms with Crippen molar-refractivity contribution in [1.29, 1.82) is 0 Å². The zero-order chi connectivity index (χ0) is 30.3. The largest absolute Gasteiger partial charge is 0.479 e. The molecule has 0 heterocycles. The summed E-state index contributed by atoms with van der Waals surface area (Å²) in [6, 6.07) is 0. The van der Waals surface area contributed by atoms with Crippen molar-refractivity contribution in [2.24, 2.45) is 0 Å². The van der Waals surface area contributed by atoms with Crippen molar-refractivity contribution >= 4 is 29.8 Å². The Labute approximate surface area is 239 Å². The molecule has 40 heavy (non-hydrogen) atoms. The maximum Gasteiger partial charge on any atom is 0.347 e. The maximum atomic E-state index is 12.2. The Morgan fingerprint density at radius 2 is 0.775 bits per heavy atom. The first-order valence-electron chi connectivity index (χ1n) is 15.0. The first-order chi connectivity index (χ1) is 19.0. The number of hydrogen-bond donors (Lipinski definition) is 1. The molecule has 0 amide bonds. The van der Waals surface area contributed by atoms with Crippen molar-refractivity contribution in [2.45, 2.75) is 162 Å². The van der Waals surface area contributed by atoms with E-state index in [4.69, 9.17) is 19.3 Å². The molecule has 0 aliphatic carbocycles. The van der Waals surface area contributed by atoms with Gasteiger partial charge in [-0.25, -0.2) is 19.2 Å². The molecule has 0 aromatic heterocycles. The fraction of sp³-hybridized carbons (Fsp3) is 0.833. The average molecular weight is 573 g/mol. The number of carbonyl (C=O) groups is 5. The highest BCUT2D eigenvalue weighted by molar-refractivity contribution is 5.85. The summed E-state index contributed by atoms with van der Waals surface area (Å²) in [5, 5.41) is 8.77. The summed E-state index contributed by atoms with van der Waals surface area (Å²) in [4.78, 5) is 58.9. The van der Waals surface area contributed by atoms with Gasteiger partial charge in [-0.2, -0.15) is 0 Å². The van der Waals surface area contributed by atoms with Crippen LogP contribution in [0.4, 0.5) is 0 Å². The normalized spacial score (nSPS) is 13.9. The minimum atomic E-state index is -1.41. The monoisotopic (exact) mass is 572 g/mol. The number of hydrogen-bond acceptors (Lipinski definition) is 9. The smallest absolute Gasteiger partial charge is 0.347 e. The zero-order valence-corrected chi connectivity index (χ0v) is 25.2. The van der Waals surface area contributed by atoms with Gasteiger partial charge in [0, 0.05) is 6.42 Å². The van der Waals surface area contributed by atoms with Crippen LogP contribution in [0.1, 0.15) is 137 Å². The molecule has 0 rings (SSSR count). The Balaban J connectivity index is 3.92. The molecule has 1 N–H and O–H groups in total. The molecule has 0 fully saturated rings. The predicted octanol–water partition coefficient (Wildman–Crippen LogP) is 6.06. The van der Waals surface area contributed by atoms with Crippen LogP contribution >= 0.6 is 0 Å². The third-order valence-corrected chi connectivity index (χ3v) is 6.52. The molecule has 0 radical (unpaired) electrons. The molecule has 10 heteroatoms. The molecule has 10 nitrogen and oxygen atoms in total. The topological polar surface area (TPSA) is 143 Å². The quantitative estimate of drug-likeness (QED) is 0.0823. The van der Waals surface area contributed by atoms with Crippen LogP contribution in [0.25, 0.3) is 0 Å². The summed E-state index contributed by atoms with van der Waals surface area (Å²) < 4.78 is 19.6. The first kappa shape index (κ1) is 37.4. The minimum Gasteiger partial charge on any atom is -0.479 e. The number of ether oxygens (including phenoxy) is 4. The lowest BCUT2D eigenvalue weighted by Gasteiger charge is -2.19. The lowest BCUT2D eigenvalue weighted by atomic mass is 10.0. The predicted molar refractivity (Wildman–Crippen MR) is 149 cm³/mol. The van der Waals surface area contributed by atoms with Gasteiger partial charge >= 0.3 is 29.8 Å². The third-order valence-electron chi connectivity index (χ3n) is 6.52. The number of aliphatic carboxylic acids is 1. The van der Waals surface area contributed by atoms with Crippen LogP contribution < -0.4 is 0 Å². The summed E-state index contributed by atoms with van der Waals surface area (Å²) in [7, 11) is 0. The summed E-state index contributed by atoms with van der Waals surface area (Å²) in [5.41, 5.74) is 0. The highest BCUT2D eigenvalue weighted by Crippen LogP contribution is 2.14. The van der Waals surface area contributed by atoms with E-state index in [0.717, 1.165) is 26.2 Å². The van der Waals surface area contributed by atoms with Gasteiger partial charge in [-0.15, -0.1) is 0 Å². The molecule has 0 unspecified atom stereocenters. The Hall–Kier alpha value is -2.65. The fourth-order valence-electron chi connectivity index (χ4n) is 3.90. The van der Waals surface area contributed by atoms with E-state index >= 15 is 0 Å². The Morgan fingerprint density at radius 3 is 1.12 bits per heavy atom. The second kappa shape index (κ2) is 23.1. The zero-order valence-electron chi connectivity index (χ0n) is 25.2. The number of carboxylic acid groups (broad SMARTS) is 1. The van der Waals surface area contributed by atoms with E-state index < -0.39 is 54.3 Å². The van der Waals surface area contributed by atoms with Crippen LogP contribution in [0.15, 0.2) is 0 Å². The summed E-state index contributed by atoms with van der Waals surface area (Å²) in [5.74, 6) is -4.88. The molecule has 0 aliphatic rings. The van der Waals surface area contributed by atoms with E-state index in [1.807, 2.05) is 0 Å². The van der Waals surface area contributed by atoms with Crippen LogP contribution in [0.3, 0.4) is 0 Å². The van der Waals surface area contributed by atoms with E-state index in [9.17, 15) is 24.0 Å². The van der Waals surface area contributed by atoms with Gasteiger partial charge in [0.05, 0.1) is 0 Å². The SMILES string of the molecule is CCCCCCCCCCCCCCCCCC(=O)O[C@@H](C)C(=O)O[C@@H](C)C(=O)O[C@@H](C)C(=O)O[C@@H](C)C(=O)O. The maximum absolute atomic E-state index is 12.2. The molecule has 4 atom stereocenters. The summed E-state index contributed by atoms with van der Waals surface area (Å²) in [6.45, 7) is 7.18. The molecule has 0 saturated carbocycles. The van der Waals surface area contributed by atoms with Crippen LogP contribution in [-0.2, 0) is 42.9 Å². The van der Waals surface area contributed by atoms with E-state index in [1.54, 1.807) is 0 Å². The van der Waals surface area contributed by atoms with Gasteiger partial charge < -0.3 is 24.1 Å². The van der Waals surface area contributed by atoms with Gasteiger partial charge in [0.1, 0.15) is 0 Å². The number of carboxylic acids is 1. The number of rotatable bonds is 24. The van der Waals surface area contributed by atoms with Gasteiger partial charge in [-0.1, -0.05) is 96.8 Å². The fourth-order valence-corrected chi connectivity index (χ4v) is 3.90. The lowest BCUT2D eigenvalue weighted by molar-refractivity contribution is -0.184. The van der Waals surface area contributed by atoms with Gasteiger partial charge in [-0.05, 0) is 34.1 Å². The van der Waals surface area contributed by atoms with Crippen molar-refractivity contribution < 1.29 is 48.0 Å². The van der Waals surface area contributed by atoms with Gasteiger partial charge in [-0.3, -0.25) is 4.79 Å². The van der Waals surface area contributed by atoms with Crippen molar-refractivity contribution in [1.82, 2.24) is 0 Å². The Kier molecular flexibility index (Phi) is 21.6. The van der Waals surface area contributed by atoms with E-state index in [-0.39, 0.29) is 6.42 Å². The molecular weight excluding hydrogens is 520 g/mol. The van der Waals surface area contributed by atoms with E-state index in [0.29, 0.717) is 6.42 Å². The van der Waals surface area contributed by atoms with Gasteiger partial charge in [0.2, 0.25) is 0 Å². The van der Waals surface area contributed by atoms with Crippen LogP contribution in [-0.4, -0.2) is 59.4 Å². The average Bonchev–Trinajstić information content (AvgIpc) is 2.90. The second-order valence-corrected chi connectivity index (χ2v) is 10.4. The Morgan fingerprint density at radius 1 is 0.475 bits per heavy atom. The molecule has 0 spiro atoms. The van der Waals surface area contributed by atoms with Crippen molar-refractivity contribution in [3.63, 3.8) is 0 Å². The molecule has 232 valence electrons. The molecule has 0 aromatic carbocycles. The van der Waals surface area contributed by atoms with Crippen molar-refractivity contribution in [3.8, 4) is 0 Å². The van der Waals surface area contributed by atoms with E-state index in [1.165, 1.54) is 91.4 Å². The highest BCUT2D eigenvalue weighted by atomic mass is 16.6. The van der Waals surface area contributed by atoms with Crippen LogP contribution in [0, 0.1) is 0 Å². The third kappa shape index (κ3) is 19.4. The minimum absolute atomic E-state index is 0.196. The highest BCUT2D eigenvalue weighted by Gasteiger charge is 2.29.